The summed E-state index contributed by atoms with van der Waals surface area (Å²) in [6.07, 6.45) is 2.26. The Hall–Kier alpha value is -0.820. The molecule has 0 radical (unpaired) electrons. The van der Waals surface area contributed by atoms with E-state index in [2.05, 4.69) is 39.0 Å². The number of hydrogen-bond acceptors (Lipinski definition) is 1. The molecule has 0 saturated carbocycles. The highest BCUT2D eigenvalue weighted by molar-refractivity contribution is 5.38. The van der Waals surface area contributed by atoms with Crippen LogP contribution in [-0.2, 0) is 12.8 Å². The van der Waals surface area contributed by atoms with Crippen LogP contribution in [-0.4, -0.2) is 11.7 Å². The van der Waals surface area contributed by atoms with Crippen LogP contribution in [0.4, 0.5) is 0 Å². The van der Waals surface area contributed by atoms with Crippen LogP contribution in [0.1, 0.15) is 30.5 Å². The van der Waals surface area contributed by atoms with Gasteiger partial charge in [-0.3, -0.25) is 0 Å². The van der Waals surface area contributed by atoms with Gasteiger partial charge in [-0.2, -0.15) is 0 Å². The number of aryl methyl sites for hydroxylation is 1. The van der Waals surface area contributed by atoms with Gasteiger partial charge in [-0.15, -0.1) is 0 Å². The van der Waals surface area contributed by atoms with E-state index in [4.69, 9.17) is 0 Å². The Balaban J connectivity index is 2.26. The largest absolute Gasteiger partial charge is 0.396 e. The lowest BCUT2D eigenvalue weighted by molar-refractivity contribution is 0.101. The minimum atomic E-state index is 0.0471. The van der Waals surface area contributed by atoms with Crippen molar-refractivity contribution in [1.29, 1.82) is 0 Å². The molecule has 1 heteroatoms. The van der Waals surface area contributed by atoms with E-state index in [9.17, 15) is 5.11 Å². The highest BCUT2D eigenvalue weighted by atomic mass is 16.3. The van der Waals surface area contributed by atoms with Gasteiger partial charge in [0.1, 0.15) is 0 Å². The van der Waals surface area contributed by atoms with Crippen molar-refractivity contribution in [3.05, 3.63) is 34.9 Å². The molecule has 2 rings (SSSR count). The van der Waals surface area contributed by atoms with E-state index in [0.717, 1.165) is 12.8 Å². The maximum Gasteiger partial charge on any atom is 0.0485 e. The quantitative estimate of drug-likeness (QED) is 0.785. The monoisotopic (exact) mass is 204 g/mol. The van der Waals surface area contributed by atoms with E-state index < -0.39 is 0 Å². The molecule has 0 amide bonds. The third kappa shape index (κ3) is 1.81. The third-order valence-electron chi connectivity index (χ3n) is 3.94. The summed E-state index contributed by atoms with van der Waals surface area (Å²) in [7, 11) is 0. The van der Waals surface area contributed by atoms with Crippen LogP contribution >= 0.6 is 0 Å². The fraction of sp³-hybridized carbons (Fsp3) is 0.571. The van der Waals surface area contributed by atoms with Crippen molar-refractivity contribution in [2.24, 2.45) is 11.3 Å². The molecule has 15 heavy (non-hydrogen) atoms. The molecule has 0 fully saturated rings. The molecular weight excluding hydrogens is 184 g/mol. The Morgan fingerprint density at radius 2 is 2.07 bits per heavy atom. The Labute approximate surface area is 92.1 Å². The third-order valence-corrected chi connectivity index (χ3v) is 3.94. The molecule has 0 bridgehead atoms. The number of aliphatic hydroxyl groups excluding tert-OH is 1. The standard InChI is InChI=1S/C14H20O/c1-10-5-4-6-11-7-12(8-13(10)11)14(2,3)9-15/h4-6,12,15H,7-9H2,1-3H3. The summed E-state index contributed by atoms with van der Waals surface area (Å²) in [6.45, 7) is 6.80. The van der Waals surface area contributed by atoms with Crippen LogP contribution in [0.5, 0.6) is 0 Å². The summed E-state index contributed by atoms with van der Waals surface area (Å²) in [5.74, 6) is 0.596. The molecule has 1 nitrogen and oxygen atoms in total. The van der Waals surface area contributed by atoms with Crippen molar-refractivity contribution >= 4 is 0 Å². The second kappa shape index (κ2) is 3.64. The van der Waals surface area contributed by atoms with Gasteiger partial charge in [0.2, 0.25) is 0 Å². The zero-order valence-corrected chi connectivity index (χ0v) is 9.88. The molecule has 1 aliphatic rings. The summed E-state index contributed by atoms with van der Waals surface area (Å²) in [4.78, 5) is 0. The molecule has 1 aromatic rings. The molecule has 1 atom stereocenters. The lowest BCUT2D eigenvalue weighted by Gasteiger charge is -2.29. The lowest BCUT2D eigenvalue weighted by Crippen LogP contribution is -2.28. The van der Waals surface area contributed by atoms with E-state index in [-0.39, 0.29) is 12.0 Å². The molecular formula is C14H20O. The Kier molecular flexibility index (Phi) is 2.59. The van der Waals surface area contributed by atoms with Crippen molar-refractivity contribution in [3.63, 3.8) is 0 Å². The smallest absolute Gasteiger partial charge is 0.0485 e. The Bertz CT molecular complexity index is 366. The molecule has 0 saturated heterocycles. The molecule has 1 N–H and O–H groups in total. The average Bonchev–Trinajstić information content (AvgIpc) is 2.64. The first-order valence-corrected chi connectivity index (χ1v) is 5.73. The molecule has 0 spiro atoms. The average molecular weight is 204 g/mol. The molecule has 1 aromatic carbocycles. The van der Waals surface area contributed by atoms with Crippen molar-refractivity contribution in [2.75, 3.05) is 6.61 Å². The molecule has 0 aliphatic heterocycles. The van der Waals surface area contributed by atoms with Crippen LogP contribution < -0.4 is 0 Å². The minimum Gasteiger partial charge on any atom is -0.396 e. The zero-order chi connectivity index (χ0) is 11.1. The fourth-order valence-corrected chi connectivity index (χ4v) is 2.51. The predicted molar refractivity (Wildman–Crippen MR) is 62.9 cm³/mol. The minimum absolute atomic E-state index is 0.0471. The van der Waals surface area contributed by atoms with Crippen LogP contribution in [0, 0.1) is 18.3 Å². The van der Waals surface area contributed by atoms with Crippen molar-refractivity contribution in [1.82, 2.24) is 0 Å². The van der Waals surface area contributed by atoms with Crippen LogP contribution in [0.3, 0.4) is 0 Å². The lowest BCUT2D eigenvalue weighted by atomic mass is 9.78. The summed E-state index contributed by atoms with van der Waals surface area (Å²) in [6, 6.07) is 6.56. The maximum atomic E-state index is 9.40. The van der Waals surface area contributed by atoms with E-state index in [1.807, 2.05) is 0 Å². The van der Waals surface area contributed by atoms with Gasteiger partial charge in [0.25, 0.3) is 0 Å². The van der Waals surface area contributed by atoms with Gasteiger partial charge in [-0.25, -0.2) is 0 Å². The van der Waals surface area contributed by atoms with Crippen LogP contribution in [0.15, 0.2) is 18.2 Å². The number of benzene rings is 1. The Morgan fingerprint density at radius 1 is 1.33 bits per heavy atom. The molecule has 82 valence electrons. The van der Waals surface area contributed by atoms with Gasteiger partial charge in [0.05, 0.1) is 0 Å². The second-order valence-corrected chi connectivity index (χ2v) is 5.46. The van der Waals surface area contributed by atoms with Crippen molar-refractivity contribution in [2.45, 2.75) is 33.6 Å². The molecule has 0 heterocycles. The van der Waals surface area contributed by atoms with Gasteiger partial charge in [0, 0.05) is 6.61 Å². The maximum absolute atomic E-state index is 9.40. The van der Waals surface area contributed by atoms with Gasteiger partial charge < -0.3 is 5.11 Å². The van der Waals surface area contributed by atoms with Crippen molar-refractivity contribution < 1.29 is 5.11 Å². The highest BCUT2D eigenvalue weighted by Crippen LogP contribution is 2.39. The van der Waals surface area contributed by atoms with Gasteiger partial charge in [-0.05, 0) is 47.8 Å². The van der Waals surface area contributed by atoms with Gasteiger partial charge >= 0.3 is 0 Å². The zero-order valence-electron chi connectivity index (χ0n) is 9.88. The summed E-state index contributed by atoms with van der Waals surface area (Å²) in [5, 5.41) is 9.40. The first-order valence-electron chi connectivity index (χ1n) is 5.73. The SMILES string of the molecule is Cc1cccc2c1CC(C(C)(C)CO)C2. The van der Waals surface area contributed by atoms with E-state index in [1.165, 1.54) is 16.7 Å². The number of hydrogen-bond donors (Lipinski definition) is 1. The predicted octanol–water partition coefficient (Wildman–Crippen LogP) is 2.73. The van der Waals surface area contributed by atoms with E-state index in [1.54, 1.807) is 0 Å². The molecule has 1 aliphatic carbocycles. The van der Waals surface area contributed by atoms with Crippen LogP contribution in [0.2, 0.25) is 0 Å². The Morgan fingerprint density at radius 3 is 2.67 bits per heavy atom. The van der Waals surface area contributed by atoms with E-state index >= 15 is 0 Å². The van der Waals surface area contributed by atoms with Crippen molar-refractivity contribution in [3.8, 4) is 0 Å². The van der Waals surface area contributed by atoms with E-state index in [0.29, 0.717) is 5.92 Å². The fourth-order valence-electron chi connectivity index (χ4n) is 2.51. The number of rotatable bonds is 2. The van der Waals surface area contributed by atoms with Gasteiger partial charge in [-0.1, -0.05) is 32.0 Å². The normalized spacial score (nSPS) is 20.4. The molecule has 0 aromatic heterocycles. The summed E-state index contributed by atoms with van der Waals surface area (Å²) < 4.78 is 0. The first-order chi connectivity index (χ1) is 7.04. The topological polar surface area (TPSA) is 20.2 Å². The second-order valence-electron chi connectivity index (χ2n) is 5.46. The number of fused-ring (bicyclic) bond motifs is 1. The number of aliphatic hydroxyl groups is 1. The van der Waals surface area contributed by atoms with Gasteiger partial charge in [0.15, 0.2) is 0 Å². The van der Waals surface area contributed by atoms with Crippen LogP contribution in [0.25, 0.3) is 0 Å². The summed E-state index contributed by atoms with van der Waals surface area (Å²) in [5.41, 5.74) is 4.46. The summed E-state index contributed by atoms with van der Waals surface area (Å²) >= 11 is 0. The first kappa shape index (κ1) is 10.7. The molecule has 1 unspecified atom stereocenters. The highest BCUT2D eigenvalue weighted by Gasteiger charge is 2.34.